The van der Waals surface area contributed by atoms with Gasteiger partial charge in [0.2, 0.25) is 5.91 Å². The molecule has 0 aliphatic heterocycles. The predicted octanol–water partition coefficient (Wildman–Crippen LogP) is 2.64. The topological polar surface area (TPSA) is 56.1 Å². The summed E-state index contributed by atoms with van der Waals surface area (Å²) in [6.07, 6.45) is -1.93. The van der Waals surface area contributed by atoms with Gasteiger partial charge in [-0.1, -0.05) is 12.1 Å². The minimum Gasteiger partial charge on any atom is -0.497 e. The summed E-state index contributed by atoms with van der Waals surface area (Å²) in [6, 6.07) is 6.94. The molecule has 1 aromatic heterocycles. The maximum Gasteiger partial charge on any atom is 0.408 e. The number of halogens is 3. The summed E-state index contributed by atoms with van der Waals surface area (Å²) in [5, 5.41) is 6.05. The molecule has 0 saturated carbocycles. The van der Waals surface area contributed by atoms with Crippen LogP contribution in [0.3, 0.4) is 0 Å². The second-order valence-corrected chi connectivity index (χ2v) is 4.61. The minimum atomic E-state index is -4.35. The monoisotopic (exact) mass is 313 g/mol. The molecule has 2 rings (SSSR count). The van der Waals surface area contributed by atoms with Crippen molar-refractivity contribution in [2.75, 3.05) is 12.4 Å². The molecule has 0 saturated heterocycles. The van der Waals surface area contributed by atoms with Gasteiger partial charge in [0.25, 0.3) is 0 Å². The van der Waals surface area contributed by atoms with Gasteiger partial charge in [0.15, 0.2) is 0 Å². The van der Waals surface area contributed by atoms with Gasteiger partial charge in [-0.3, -0.25) is 9.48 Å². The van der Waals surface area contributed by atoms with E-state index in [0.29, 0.717) is 5.75 Å². The molecule has 0 unspecified atom stereocenters. The van der Waals surface area contributed by atoms with Gasteiger partial charge in [-0.05, 0) is 17.7 Å². The van der Waals surface area contributed by atoms with E-state index in [4.69, 9.17) is 4.74 Å². The first-order valence-corrected chi connectivity index (χ1v) is 6.38. The highest BCUT2D eigenvalue weighted by atomic mass is 19.4. The number of carbonyl (C=O) groups is 1. The van der Waals surface area contributed by atoms with Crippen molar-refractivity contribution in [2.24, 2.45) is 0 Å². The Labute approximate surface area is 124 Å². The Hall–Kier alpha value is -2.51. The molecule has 22 heavy (non-hydrogen) atoms. The molecule has 1 N–H and O–H groups in total. The predicted molar refractivity (Wildman–Crippen MR) is 73.6 cm³/mol. The second-order valence-electron chi connectivity index (χ2n) is 4.61. The number of rotatable bonds is 5. The van der Waals surface area contributed by atoms with Gasteiger partial charge >= 0.3 is 6.18 Å². The summed E-state index contributed by atoms with van der Waals surface area (Å²) in [5.41, 5.74) is 0.990. The number of benzene rings is 1. The van der Waals surface area contributed by atoms with Crippen LogP contribution in [0.15, 0.2) is 36.7 Å². The van der Waals surface area contributed by atoms with Crippen LogP contribution < -0.4 is 10.1 Å². The molecule has 0 fully saturated rings. The normalized spacial score (nSPS) is 11.3. The lowest BCUT2D eigenvalue weighted by atomic mass is 10.1. The van der Waals surface area contributed by atoms with Crippen molar-refractivity contribution in [1.82, 2.24) is 9.78 Å². The molecule has 8 heteroatoms. The number of hydrogen-bond acceptors (Lipinski definition) is 3. The van der Waals surface area contributed by atoms with Gasteiger partial charge < -0.3 is 10.1 Å². The van der Waals surface area contributed by atoms with E-state index >= 15 is 0 Å². The van der Waals surface area contributed by atoms with Crippen LogP contribution in [0.1, 0.15) is 5.56 Å². The zero-order chi connectivity index (χ0) is 16.2. The lowest BCUT2D eigenvalue weighted by Crippen LogP contribution is -2.18. The number of carbonyl (C=O) groups excluding carboxylic acids is 1. The first-order chi connectivity index (χ1) is 10.4. The highest BCUT2D eigenvalue weighted by Crippen LogP contribution is 2.18. The average molecular weight is 313 g/mol. The van der Waals surface area contributed by atoms with Crippen LogP contribution in [0.5, 0.6) is 5.75 Å². The van der Waals surface area contributed by atoms with Crippen LogP contribution in [-0.4, -0.2) is 29.0 Å². The van der Waals surface area contributed by atoms with E-state index in [2.05, 4.69) is 10.4 Å². The van der Waals surface area contributed by atoms with E-state index < -0.39 is 12.7 Å². The molecule has 0 atom stereocenters. The SMILES string of the molecule is COc1ccc(CC(=O)Nc2cnn(CC(F)(F)F)c2)cc1. The Kier molecular flexibility index (Phi) is 4.69. The molecule has 0 spiro atoms. The lowest BCUT2D eigenvalue weighted by molar-refractivity contribution is -0.142. The number of nitrogens with zero attached hydrogens (tertiary/aromatic N) is 2. The summed E-state index contributed by atoms with van der Waals surface area (Å²) in [5.74, 6) is 0.342. The molecule has 0 aliphatic rings. The van der Waals surface area contributed by atoms with Crippen LogP contribution in [-0.2, 0) is 17.8 Å². The van der Waals surface area contributed by atoms with Gasteiger partial charge in [-0.2, -0.15) is 18.3 Å². The summed E-state index contributed by atoms with van der Waals surface area (Å²) in [4.78, 5) is 11.8. The number of amides is 1. The van der Waals surface area contributed by atoms with Gasteiger partial charge in [0.05, 0.1) is 25.4 Å². The first kappa shape index (κ1) is 15.9. The molecule has 118 valence electrons. The van der Waals surface area contributed by atoms with Crippen molar-refractivity contribution < 1.29 is 22.7 Å². The van der Waals surface area contributed by atoms with Crippen molar-refractivity contribution in [3.63, 3.8) is 0 Å². The van der Waals surface area contributed by atoms with E-state index in [1.165, 1.54) is 6.20 Å². The van der Waals surface area contributed by atoms with E-state index in [0.717, 1.165) is 16.4 Å². The molecule has 1 heterocycles. The van der Waals surface area contributed by atoms with Gasteiger partial charge in [0, 0.05) is 6.20 Å². The Bertz CT molecular complexity index is 636. The number of methoxy groups -OCH3 is 1. The van der Waals surface area contributed by atoms with E-state index in [1.54, 1.807) is 31.4 Å². The number of alkyl halides is 3. The highest BCUT2D eigenvalue weighted by Gasteiger charge is 2.28. The van der Waals surface area contributed by atoms with Gasteiger partial charge in [0.1, 0.15) is 12.3 Å². The van der Waals surface area contributed by atoms with Crippen molar-refractivity contribution in [1.29, 1.82) is 0 Å². The molecule has 5 nitrogen and oxygen atoms in total. The average Bonchev–Trinajstić information content (AvgIpc) is 2.84. The molecule has 0 bridgehead atoms. The molecule has 1 aromatic carbocycles. The summed E-state index contributed by atoms with van der Waals surface area (Å²) in [6.45, 7) is -1.19. The molecule has 0 aliphatic carbocycles. The minimum absolute atomic E-state index is 0.106. The third kappa shape index (κ3) is 4.80. The van der Waals surface area contributed by atoms with Crippen LogP contribution in [0.25, 0.3) is 0 Å². The largest absolute Gasteiger partial charge is 0.497 e. The number of anilines is 1. The number of hydrogen-bond donors (Lipinski definition) is 1. The van der Waals surface area contributed by atoms with Gasteiger partial charge in [-0.15, -0.1) is 0 Å². The third-order valence-corrected chi connectivity index (χ3v) is 2.78. The smallest absolute Gasteiger partial charge is 0.408 e. The molecular formula is C14H14F3N3O2. The molecular weight excluding hydrogens is 299 g/mol. The standard InChI is InChI=1S/C14H14F3N3O2/c1-22-12-4-2-10(3-5-12)6-13(21)19-11-7-18-20(8-11)9-14(15,16)17/h2-5,7-8H,6,9H2,1H3,(H,19,21). The van der Waals surface area contributed by atoms with Crippen molar-refractivity contribution in [3.8, 4) is 5.75 Å². The Morgan fingerprint density at radius 1 is 1.32 bits per heavy atom. The Morgan fingerprint density at radius 2 is 2.00 bits per heavy atom. The van der Waals surface area contributed by atoms with Crippen LogP contribution in [0.2, 0.25) is 0 Å². The number of aromatic nitrogens is 2. The summed E-state index contributed by atoms with van der Waals surface area (Å²) < 4.78 is 42.3. The van der Waals surface area contributed by atoms with Crippen LogP contribution in [0, 0.1) is 0 Å². The third-order valence-electron chi connectivity index (χ3n) is 2.78. The molecule has 0 radical (unpaired) electrons. The molecule has 2 aromatic rings. The quantitative estimate of drug-likeness (QED) is 0.923. The Morgan fingerprint density at radius 3 is 2.59 bits per heavy atom. The lowest BCUT2D eigenvalue weighted by Gasteiger charge is -2.05. The van der Waals surface area contributed by atoms with Crippen molar-refractivity contribution in [3.05, 3.63) is 42.2 Å². The van der Waals surface area contributed by atoms with Crippen LogP contribution >= 0.6 is 0 Å². The first-order valence-electron chi connectivity index (χ1n) is 6.38. The van der Waals surface area contributed by atoms with E-state index in [9.17, 15) is 18.0 Å². The number of ether oxygens (including phenoxy) is 1. The fraction of sp³-hybridized carbons (Fsp3) is 0.286. The van der Waals surface area contributed by atoms with Crippen molar-refractivity contribution >= 4 is 11.6 Å². The zero-order valence-corrected chi connectivity index (χ0v) is 11.7. The fourth-order valence-electron chi connectivity index (χ4n) is 1.83. The van der Waals surface area contributed by atoms with E-state index in [-0.39, 0.29) is 18.0 Å². The summed E-state index contributed by atoms with van der Waals surface area (Å²) in [7, 11) is 1.54. The maximum absolute atomic E-state index is 12.2. The highest BCUT2D eigenvalue weighted by molar-refractivity contribution is 5.91. The second kappa shape index (κ2) is 6.50. The van der Waals surface area contributed by atoms with Crippen molar-refractivity contribution in [2.45, 2.75) is 19.1 Å². The zero-order valence-electron chi connectivity index (χ0n) is 11.7. The van der Waals surface area contributed by atoms with Crippen LogP contribution in [0.4, 0.5) is 18.9 Å². The molecule has 1 amide bonds. The fourth-order valence-corrected chi connectivity index (χ4v) is 1.83. The maximum atomic E-state index is 12.2. The summed E-state index contributed by atoms with van der Waals surface area (Å²) >= 11 is 0. The van der Waals surface area contributed by atoms with E-state index in [1.807, 2.05) is 0 Å². The number of nitrogens with one attached hydrogen (secondary N) is 1. The van der Waals surface area contributed by atoms with Gasteiger partial charge in [-0.25, -0.2) is 0 Å². The Balaban J connectivity index is 1.91.